The van der Waals surface area contributed by atoms with E-state index in [1.807, 2.05) is 13.0 Å². The summed E-state index contributed by atoms with van der Waals surface area (Å²) in [6.45, 7) is 4.07. The molecule has 0 spiro atoms. The molecular formula is C21H17BrClFN6O. The van der Waals surface area contributed by atoms with Crippen LogP contribution >= 0.6 is 27.5 Å². The molecular weight excluding hydrogens is 487 g/mol. The van der Waals surface area contributed by atoms with Crippen molar-refractivity contribution < 1.29 is 9.13 Å². The van der Waals surface area contributed by atoms with Crippen LogP contribution in [0, 0.1) is 12.7 Å². The Morgan fingerprint density at radius 2 is 2.19 bits per heavy atom. The second-order valence-electron chi connectivity index (χ2n) is 6.55. The minimum Gasteiger partial charge on any atom is -0.457 e. The van der Waals surface area contributed by atoms with E-state index < -0.39 is 5.82 Å². The number of aromatic nitrogens is 3. The predicted molar refractivity (Wildman–Crippen MR) is 123 cm³/mol. The predicted octanol–water partition coefficient (Wildman–Crippen LogP) is 5.73. The van der Waals surface area contributed by atoms with Crippen LogP contribution in [-0.2, 0) is 0 Å². The quantitative estimate of drug-likeness (QED) is 0.354. The lowest BCUT2D eigenvalue weighted by Crippen LogP contribution is -2.15. The molecule has 1 aliphatic heterocycles. The Bertz CT molecular complexity index is 1250. The van der Waals surface area contributed by atoms with E-state index in [0.717, 1.165) is 0 Å². The molecule has 3 aromatic rings. The molecule has 0 aliphatic carbocycles. The number of anilines is 2. The summed E-state index contributed by atoms with van der Waals surface area (Å²) in [6.07, 6.45) is 8.53. The molecule has 0 saturated heterocycles. The molecule has 0 saturated carbocycles. The van der Waals surface area contributed by atoms with Crippen LogP contribution in [0.4, 0.5) is 15.9 Å². The highest BCUT2D eigenvalue weighted by Crippen LogP contribution is 2.32. The van der Waals surface area contributed by atoms with E-state index in [1.54, 1.807) is 48.6 Å². The van der Waals surface area contributed by atoms with Gasteiger partial charge in [-0.2, -0.15) is 5.10 Å². The SMILES string of the molecule is C/C=N\N1C=CC(Oc2ccc(Nc3ncnc4cc(Br)c(Cl)nc34)c(F)c2C)=CC1. The maximum Gasteiger partial charge on any atom is 0.160 e. The van der Waals surface area contributed by atoms with Crippen LogP contribution in [0.3, 0.4) is 0 Å². The van der Waals surface area contributed by atoms with Crippen LogP contribution in [0.1, 0.15) is 12.5 Å². The summed E-state index contributed by atoms with van der Waals surface area (Å²) in [7, 11) is 0. The van der Waals surface area contributed by atoms with Crippen LogP contribution in [0.2, 0.25) is 5.15 Å². The third kappa shape index (κ3) is 4.52. The number of ether oxygens (including phenoxy) is 1. The van der Waals surface area contributed by atoms with Crippen molar-refractivity contribution in [3.63, 3.8) is 0 Å². The van der Waals surface area contributed by atoms with Crippen LogP contribution < -0.4 is 10.1 Å². The summed E-state index contributed by atoms with van der Waals surface area (Å²) in [5, 5.41) is 9.18. The van der Waals surface area contributed by atoms with Gasteiger partial charge >= 0.3 is 0 Å². The van der Waals surface area contributed by atoms with Crippen molar-refractivity contribution in [1.29, 1.82) is 0 Å². The molecule has 10 heteroatoms. The van der Waals surface area contributed by atoms with E-state index in [9.17, 15) is 0 Å². The molecule has 0 unspecified atom stereocenters. The fraction of sp³-hybridized carbons (Fsp3) is 0.143. The Hall–Kier alpha value is -3.04. The largest absolute Gasteiger partial charge is 0.457 e. The van der Waals surface area contributed by atoms with Crippen molar-refractivity contribution in [3.8, 4) is 5.75 Å². The minimum absolute atomic E-state index is 0.238. The Balaban J connectivity index is 1.58. The number of halogens is 3. The maximum absolute atomic E-state index is 15.1. The zero-order chi connectivity index (χ0) is 22.0. The van der Waals surface area contributed by atoms with Crippen LogP contribution in [0.25, 0.3) is 11.0 Å². The molecule has 0 bridgehead atoms. The number of nitrogens with one attached hydrogen (secondary N) is 1. The Morgan fingerprint density at radius 1 is 1.35 bits per heavy atom. The molecule has 1 N–H and O–H groups in total. The van der Waals surface area contributed by atoms with E-state index >= 15 is 4.39 Å². The van der Waals surface area contributed by atoms with Gasteiger partial charge in [-0.05, 0) is 60.1 Å². The molecule has 158 valence electrons. The molecule has 0 atom stereocenters. The minimum atomic E-state index is -0.454. The van der Waals surface area contributed by atoms with Gasteiger partial charge in [0, 0.05) is 18.0 Å². The van der Waals surface area contributed by atoms with Crippen molar-refractivity contribution in [2.24, 2.45) is 5.10 Å². The van der Waals surface area contributed by atoms with Crippen molar-refractivity contribution in [2.45, 2.75) is 13.8 Å². The first-order chi connectivity index (χ1) is 15.0. The summed E-state index contributed by atoms with van der Waals surface area (Å²) < 4.78 is 21.6. The molecule has 0 radical (unpaired) electrons. The van der Waals surface area contributed by atoms with Crippen LogP contribution in [0.5, 0.6) is 5.75 Å². The maximum atomic E-state index is 15.1. The molecule has 3 heterocycles. The number of fused-ring (bicyclic) bond motifs is 1. The van der Waals surface area contributed by atoms with Crippen molar-refractivity contribution in [1.82, 2.24) is 20.0 Å². The smallest absolute Gasteiger partial charge is 0.160 e. The molecule has 31 heavy (non-hydrogen) atoms. The van der Waals surface area contributed by atoms with E-state index in [0.29, 0.717) is 44.9 Å². The second-order valence-corrected chi connectivity index (χ2v) is 7.76. The first kappa shape index (κ1) is 21.2. The molecule has 0 fully saturated rings. The summed E-state index contributed by atoms with van der Waals surface area (Å²) in [6, 6.07) is 5.02. The van der Waals surface area contributed by atoms with Gasteiger partial charge in [-0.3, -0.25) is 5.01 Å². The molecule has 1 aliphatic rings. The van der Waals surface area contributed by atoms with Gasteiger partial charge in [0.25, 0.3) is 0 Å². The van der Waals surface area contributed by atoms with Crippen molar-refractivity contribution in [3.05, 3.63) is 69.6 Å². The lowest BCUT2D eigenvalue weighted by atomic mass is 10.1. The van der Waals surface area contributed by atoms with Crippen molar-refractivity contribution in [2.75, 3.05) is 11.9 Å². The molecule has 0 amide bonds. The van der Waals surface area contributed by atoms with Gasteiger partial charge in [-0.25, -0.2) is 19.3 Å². The number of allylic oxidation sites excluding steroid dienone is 1. The van der Waals surface area contributed by atoms with Gasteiger partial charge < -0.3 is 10.1 Å². The summed E-state index contributed by atoms with van der Waals surface area (Å²) >= 11 is 9.43. The average Bonchev–Trinajstić information content (AvgIpc) is 2.76. The zero-order valence-corrected chi connectivity index (χ0v) is 18.9. The van der Waals surface area contributed by atoms with Gasteiger partial charge in [0.2, 0.25) is 0 Å². The fourth-order valence-electron chi connectivity index (χ4n) is 2.94. The number of hydrazone groups is 1. The summed E-state index contributed by atoms with van der Waals surface area (Å²) in [5.74, 6) is 0.937. The van der Waals surface area contributed by atoms with E-state index in [4.69, 9.17) is 16.3 Å². The monoisotopic (exact) mass is 502 g/mol. The van der Waals surface area contributed by atoms with Gasteiger partial charge in [0.15, 0.2) is 11.6 Å². The lowest BCUT2D eigenvalue weighted by Gasteiger charge is -2.18. The van der Waals surface area contributed by atoms with Gasteiger partial charge in [0.1, 0.15) is 28.5 Å². The van der Waals surface area contributed by atoms with Crippen LogP contribution in [0.15, 0.2) is 58.2 Å². The van der Waals surface area contributed by atoms with Crippen molar-refractivity contribution >= 4 is 56.3 Å². The molecule has 2 aromatic heterocycles. The Morgan fingerprint density at radius 3 is 2.94 bits per heavy atom. The fourth-order valence-corrected chi connectivity index (χ4v) is 3.39. The average molecular weight is 504 g/mol. The highest BCUT2D eigenvalue weighted by Gasteiger charge is 2.16. The highest BCUT2D eigenvalue weighted by molar-refractivity contribution is 9.10. The first-order valence-electron chi connectivity index (χ1n) is 9.30. The van der Waals surface area contributed by atoms with Gasteiger partial charge in [-0.1, -0.05) is 11.6 Å². The number of nitrogens with zero attached hydrogens (tertiary/aromatic N) is 5. The Labute approximate surface area is 191 Å². The van der Waals surface area contributed by atoms with E-state index in [2.05, 4.69) is 41.3 Å². The zero-order valence-electron chi connectivity index (χ0n) is 16.6. The number of hydrogen-bond acceptors (Lipinski definition) is 7. The standard InChI is InChI=1S/C21H17BrClFN6O/c1-3-27-30-8-6-13(7-9-30)31-17-5-4-15(18(24)12(17)2)28-21-19-16(25-11-26-21)10-14(22)20(23)29-19/h3-8,10-11H,9H2,1-2H3,(H,25,26,28)/b27-3-. The second kappa shape index (κ2) is 8.99. The first-order valence-corrected chi connectivity index (χ1v) is 10.5. The molecule has 4 rings (SSSR count). The third-order valence-corrected chi connectivity index (χ3v) is 5.61. The third-order valence-electron chi connectivity index (χ3n) is 4.49. The van der Waals surface area contributed by atoms with Gasteiger partial charge in [0.05, 0.1) is 22.2 Å². The Kier molecular flexibility index (Phi) is 6.15. The lowest BCUT2D eigenvalue weighted by molar-refractivity contribution is 0.392. The van der Waals surface area contributed by atoms with E-state index in [-0.39, 0.29) is 10.8 Å². The number of hydrogen-bond donors (Lipinski definition) is 1. The molecule has 1 aromatic carbocycles. The molecule has 7 nitrogen and oxygen atoms in total. The summed E-state index contributed by atoms with van der Waals surface area (Å²) in [5.41, 5.74) is 1.61. The van der Waals surface area contributed by atoms with E-state index in [1.165, 1.54) is 6.33 Å². The van der Waals surface area contributed by atoms with Gasteiger partial charge in [-0.15, -0.1) is 0 Å². The number of benzene rings is 1. The highest BCUT2D eigenvalue weighted by atomic mass is 79.9. The van der Waals surface area contributed by atoms with Crippen LogP contribution in [-0.4, -0.2) is 32.7 Å². The summed E-state index contributed by atoms with van der Waals surface area (Å²) in [4.78, 5) is 12.7. The number of pyridine rings is 1. The normalized spacial score (nSPS) is 13.7. The topological polar surface area (TPSA) is 75.5 Å². The number of rotatable bonds is 5.